The highest BCUT2D eigenvalue weighted by molar-refractivity contribution is 7.10. The maximum atomic E-state index is 5.07. The Labute approximate surface area is 132 Å². The lowest BCUT2D eigenvalue weighted by Gasteiger charge is -2.17. The number of rotatable bonds is 9. The van der Waals surface area contributed by atoms with Crippen LogP contribution in [0.2, 0.25) is 0 Å². The van der Waals surface area contributed by atoms with Crippen LogP contribution >= 0.6 is 11.3 Å². The molecule has 1 heterocycles. The Balaban J connectivity index is 2.16. The third-order valence-electron chi connectivity index (χ3n) is 3.29. The molecule has 6 heteroatoms. The van der Waals surface area contributed by atoms with Crippen LogP contribution in [0, 0.1) is 6.92 Å². The first-order valence-corrected chi connectivity index (χ1v) is 8.20. The minimum atomic E-state index is 0.785. The number of aliphatic imine (C=N–C) groups is 1. The number of ether oxygens (including phenoxy) is 1. The summed E-state index contributed by atoms with van der Waals surface area (Å²) in [6, 6.07) is 2.15. The molecule has 0 spiro atoms. The number of aryl methyl sites for hydroxylation is 1. The summed E-state index contributed by atoms with van der Waals surface area (Å²) in [6.45, 7) is 6.70. The quantitative estimate of drug-likeness (QED) is 0.414. The average Bonchev–Trinajstić information content (AvgIpc) is 2.89. The molecule has 0 amide bonds. The first-order valence-electron chi connectivity index (χ1n) is 7.32. The molecule has 2 N–H and O–H groups in total. The summed E-state index contributed by atoms with van der Waals surface area (Å²) in [5.74, 6) is 0.863. The molecule has 0 aliphatic rings. The van der Waals surface area contributed by atoms with Crippen LogP contribution in [-0.4, -0.2) is 58.3 Å². The number of thiophene rings is 1. The molecule has 1 aromatic heterocycles. The van der Waals surface area contributed by atoms with Gasteiger partial charge >= 0.3 is 0 Å². The second-order valence-electron chi connectivity index (χ2n) is 5.03. The molecule has 5 nitrogen and oxygen atoms in total. The lowest BCUT2D eigenvalue weighted by Crippen LogP contribution is -2.38. The zero-order valence-electron chi connectivity index (χ0n) is 13.6. The topological polar surface area (TPSA) is 48.9 Å². The van der Waals surface area contributed by atoms with E-state index < -0.39 is 0 Å². The molecule has 0 saturated heterocycles. The Morgan fingerprint density at radius 2 is 2.19 bits per heavy atom. The summed E-state index contributed by atoms with van der Waals surface area (Å²) in [4.78, 5) is 7.88. The zero-order valence-corrected chi connectivity index (χ0v) is 14.4. The van der Waals surface area contributed by atoms with Gasteiger partial charge in [-0.2, -0.15) is 0 Å². The molecule has 0 aromatic carbocycles. The fraction of sp³-hybridized carbons (Fsp3) is 0.667. The van der Waals surface area contributed by atoms with Crippen molar-refractivity contribution in [2.45, 2.75) is 19.9 Å². The fourth-order valence-electron chi connectivity index (χ4n) is 1.88. The lowest BCUT2D eigenvalue weighted by atomic mass is 10.3. The SMILES string of the molecule is CN=C(NCCCN(C)CCOC)NCc1sccc1C. The van der Waals surface area contributed by atoms with Crippen LogP contribution < -0.4 is 10.6 Å². The van der Waals surface area contributed by atoms with E-state index in [0.29, 0.717) is 0 Å². The van der Waals surface area contributed by atoms with Gasteiger partial charge in [-0.15, -0.1) is 11.3 Å². The molecular formula is C15H28N4OS. The van der Waals surface area contributed by atoms with Crippen molar-refractivity contribution in [2.24, 2.45) is 4.99 Å². The van der Waals surface area contributed by atoms with Crippen molar-refractivity contribution in [3.8, 4) is 0 Å². The Morgan fingerprint density at radius 1 is 1.38 bits per heavy atom. The van der Waals surface area contributed by atoms with Crippen LogP contribution in [0.5, 0.6) is 0 Å². The second kappa shape index (κ2) is 10.6. The maximum Gasteiger partial charge on any atom is 0.191 e. The standard InChI is InChI=1S/C15H28N4OS/c1-13-6-11-21-14(13)12-18-15(16-2)17-7-5-8-19(3)9-10-20-4/h6,11H,5,7-10,12H2,1-4H3,(H2,16,17,18). The monoisotopic (exact) mass is 312 g/mol. The smallest absolute Gasteiger partial charge is 0.191 e. The van der Waals surface area contributed by atoms with Gasteiger partial charge in [-0.1, -0.05) is 0 Å². The van der Waals surface area contributed by atoms with Crippen molar-refractivity contribution in [3.05, 3.63) is 21.9 Å². The van der Waals surface area contributed by atoms with Crippen LogP contribution in [0.3, 0.4) is 0 Å². The van der Waals surface area contributed by atoms with E-state index >= 15 is 0 Å². The summed E-state index contributed by atoms with van der Waals surface area (Å²) in [7, 11) is 5.66. The molecule has 120 valence electrons. The van der Waals surface area contributed by atoms with Crippen molar-refractivity contribution >= 4 is 17.3 Å². The number of hydrogen-bond donors (Lipinski definition) is 2. The molecule has 0 bridgehead atoms. The Kier molecular flexibility index (Phi) is 9.05. The molecule has 0 unspecified atom stereocenters. The van der Waals surface area contributed by atoms with Gasteiger partial charge in [-0.3, -0.25) is 4.99 Å². The number of nitrogens with one attached hydrogen (secondary N) is 2. The number of methoxy groups -OCH3 is 1. The Bertz CT molecular complexity index is 420. The predicted molar refractivity (Wildman–Crippen MR) is 91.2 cm³/mol. The van der Waals surface area contributed by atoms with Gasteiger partial charge in [-0.05, 0) is 43.9 Å². The molecule has 0 radical (unpaired) electrons. The molecular weight excluding hydrogens is 284 g/mol. The van der Waals surface area contributed by atoms with Gasteiger partial charge in [0.1, 0.15) is 0 Å². The minimum Gasteiger partial charge on any atom is -0.383 e. The van der Waals surface area contributed by atoms with E-state index in [1.165, 1.54) is 10.4 Å². The van der Waals surface area contributed by atoms with E-state index in [4.69, 9.17) is 4.74 Å². The highest BCUT2D eigenvalue weighted by atomic mass is 32.1. The number of likely N-dealkylation sites (N-methyl/N-ethyl adjacent to an activating group) is 1. The van der Waals surface area contributed by atoms with Crippen molar-refractivity contribution in [1.82, 2.24) is 15.5 Å². The van der Waals surface area contributed by atoms with Gasteiger partial charge in [0.25, 0.3) is 0 Å². The van der Waals surface area contributed by atoms with E-state index in [1.807, 2.05) is 0 Å². The van der Waals surface area contributed by atoms with E-state index in [0.717, 1.165) is 45.2 Å². The van der Waals surface area contributed by atoms with Gasteiger partial charge in [0.15, 0.2) is 5.96 Å². The van der Waals surface area contributed by atoms with E-state index in [2.05, 4.69) is 45.9 Å². The average molecular weight is 312 g/mol. The van der Waals surface area contributed by atoms with Crippen molar-refractivity contribution < 1.29 is 4.74 Å². The van der Waals surface area contributed by atoms with E-state index in [1.54, 1.807) is 25.5 Å². The van der Waals surface area contributed by atoms with Gasteiger partial charge in [0.05, 0.1) is 13.2 Å². The van der Waals surface area contributed by atoms with Gasteiger partial charge < -0.3 is 20.3 Å². The normalized spacial score (nSPS) is 12.0. The number of nitrogens with zero attached hydrogens (tertiary/aromatic N) is 2. The zero-order chi connectivity index (χ0) is 15.5. The van der Waals surface area contributed by atoms with E-state index in [-0.39, 0.29) is 0 Å². The molecule has 1 aromatic rings. The molecule has 0 fully saturated rings. The summed E-state index contributed by atoms with van der Waals surface area (Å²) in [6.07, 6.45) is 1.08. The predicted octanol–water partition coefficient (Wildman–Crippen LogP) is 1.69. The van der Waals surface area contributed by atoms with Gasteiger partial charge in [0, 0.05) is 32.1 Å². The second-order valence-corrected chi connectivity index (χ2v) is 6.03. The summed E-state index contributed by atoms with van der Waals surface area (Å²) in [5, 5.41) is 8.82. The maximum absolute atomic E-state index is 5.07. The summed E-state index contributed by atoms with van der Waals surface area (Å²) in [5.41, 5.74) is 1.34. The number of hydrogen-bond acceptors (Lipinski definition) is 4. The molecule has 1 rings (SSSR count). The van der Waals surface area contributed by atoms with Crippen LogP contribution in [0.15, 0.2) is 16.4 Å². The van der Waals surface area contributed by atoms with Crippen molar-refractivity contribution in [2.75, 3.05) is 47.4 Å². The fourth-order valence-corrected chi connectivity index (χ4v) is 2.73. The molecule has 21 heavy (non-hydrogen) atoms. The minimum absolute atomic E-state index is 0.785. The number of guanidine groups is 1. The molecule has 0 aliphatic heterocycles. The van der Waals surface area contributed by atoms with Crippen molar-refractivity contribution in [1.29, 1.82) is 0 Å². The highest BCUT2D eigenvalue weighted by Crippen LogP contribution is 2.14. The Hall–Kier alpha value is -1.11. The third kappa shape index (κ3) is 7.45. The van der Waals surface area contributed by atoms with Crippen LogP contribution in [0.4, 0.5) is 0 Å². The van der Waals surface area contributed by atoms with Crippen LogP contribution in [0.1, 0.15) is 16.9 Å². The largest absolute Gasteiger partial charge is 0.383 e. The summed E-state index contributed by atoms with van der Waals surface area (Å²) >= 11 is 1.78. The van der Waals surface area contributed by atoms with Crippen molar-refractivity contribution in [3.63, 3.8) is 0 Å². The first kappa shape index (κ1) is 17.9. The van der Waals surface area contributed by atoms with Gasteiger partial charge in [0.2, 0.25) is 0 Å². The molecule has 0 saturated carbocycles. The molecule has 0 atom stereocenters. The van der Waals surface area contributed by atoms with Gasteiger partial charge in [-0.25, -0.2) is 0 Å². The highest BCUT2D eigenvalue weighted by Gasteiger charge is 2.02. The first-order chi connectivity index (χ1) is 10.2. The summed E-state index contributed by atoms with van der Waals surface area (Å²) < 4.78 is 5.07. The molecule has 0 aliphatic carbocycles. The van der Waals surface area contributed by atoms with Crippen LogP contribution in [0.25, 0.3) is 0 Å². The van der Waals surface area contributed by atoms with Crippen LogP contribution in [-0.2, 0) is 11.3 Å². The lowest BCUT2D eigenvalue weighted by molar-refractivity contribution is 0.161. The third-order valence-corrected chi connectivity index (χ3v) is 4.32. The van der Waals surface area contributed by atoms with E-state index in [9.17, 15) is 0 Å². The Morgan fingerprint density at radius 3 is 2.81 bits per heavy atom.